The van der Waals surface area contributed by atoms with Gasteiger partial charge in [0.1, 0.15) is 11.9 Å². The fraction of sp³-hybridized carbons (Fsp3) is 0.333. The van der Waals surface area contributed by atoms with Gasteiger partial charge in [-0.15, -0.1) is 0 Å². The molecule has 1 amide bonds. The number of nitrogens with zero attached hydrogens (tertiary/aromatic N) is 4. The van der Waals surface area contributed by atoms with E-state index in [1.807, 2.05) is 30.3 Å². The third-order valence-electron chi connectivity index (χ3n) is 4.69. The van der Waals surface area contributed by atoms with Crippen LogP contribution in [0.15, 0.2) is 42.6 Å². The summed E-state index contributed by atoms with van der Waals surface area (Å²) in [4.78, 5) is 18.2. The quantitative estimate of drug-likeness (QED) is 0.720. The highest BCUT2D eigenvalue weighted by Crippen LogP contribution is 2.20. The van der Waals surface area contributed by atoms with Crippen molar-refractivity contribution < 1.29 is 4.79 Å². The molecule has 2 heterocycles. The number of aromatic nitrogens is 1. The molecule has 0 spiro atoms. The molecular weight excluding hydrogens is 352 g/mol. The number of likely N-dealkylation sites (tertiary alicyclic amines) is 1. The standard InChI is InChI=1S/C21H22N6O/c22-12-16-3-1-4-17(11-16)18-6-7-20(26-14-18)25-9-8-24-15-21(28)27-10-2-5-19(27)13-23/h1,3-4,6-7,11,14,19,24H,2,5,8-10,15H2,(H,25,26)/t19-/m0/s1. The SMILES string of the molecule is N#Cc1cccc(-c2ccc(NCCNCC(=O)N3CCC[C@H]3C#N)nc2)c1. The fourth-order valence-corrected chi connectivity index (χ4v) is 3.21. The number of hydrogen-bond donors (Lipinski definition) is 2. The molecule has 7 heteroatoms. The topological polar surface area (TPSA) is 105 Å². The normalized spacial score (nSPS) is 15.6. The first-order chi connectivity index (χ1) is 13.7. The summed E-state index contributed by atoms with van der Waals surface area (Å²) in [6.07, 6.45) is 3.44. The average Bonchev–Trinajstić information content (AvgIpc) is 3.23. The van der Waals surface area contributed by atoms with Crippen molar-refractivity contribution in [1.82, 2.24) is 15.2 Å². The molecule has 0 radical (unpaired) electrons. The van der Waals surface area contributed by atoms with Crippen molar-refractivity contribution in [2.45, 2.75) is 18.9 Å². The number of benzene rings is 1. The van der Waals surface area contributed by atoms with Crippen LogP contribution in [0.2, 0.25) is 0 Å². The number of nitrogens with one attached hydrogen (secondary N) is 2. The summed E-state index contributed by atoms with van der Waals surface area (Å²) in [7, 11) is 0. The van der Waals surface area contributed by atoms with Gasteiger partial charge in [0.2, 0.25) is 5.91 Å². The molecule has 1 aromatic heterocycles. The fourth-order valence-electron chi connectivity index (χ4n) is 3.21. The van der Waals surface area contributed by atoms with Crippen LogP contribution in [0.4, 0.5) is 5.82 Å². The predicted molar refractivity (Wildman–Crippen MR) is 106 cm³/mol. The molecule has 1 aliphatic heterocycles. The van der Waals surface area contributed by atoms with Gasteiger partial charge >= 0.3 is 0 Å². The second-order valence-electron chi connectivity index (χ2n) is 6.60. The highest BCUT2D eigenvalue weighted by molar-refractivity contribution is 5.79. The van der Waals surface area contributed by atoms with E-state index in [2.05, 4.69) is 27.8 Å². The van der Waals surface area contributed by atoms with Crippen molar-refractivity contribution in [2.75, 3.05) is 31.5 Å². The number of rotatable bonds is 7. The summed E-state index contributed by atoms with van der Waals surface area (Å²) in [6, 6.07) is 15.3. The lowest BCUT2D eigenvalue weighted by Gasteiger charge is -2.19. The van der Waals surface area contributed by atoms with E-state index in [0.29, 0.717) is 25.2 Å². The Hall–Kier alpha value is -3.42. The largest absolute Gasteiger partial charge is 0.369 e. The first-order valence-electron chi connectivity index (χ1n) is 9.31. The van der Waals surface area contributed by atoms with Crippen LogP contribution in [0.1, 0.15) is 18.4 Å². The van der Waals surface area contributed by atoms with E-state index >= 15 is 0 Å². The van der Waals surface area contributed by atoms with Crippen LogP contribution in [-0.4, -0.2) is 48.0 Å². The van der Waals surface area contributed by atoms with Gasteiger partial charge in [0.05, 0.1) is 24.2 Å². The van der Waals surface area contributed by atoms with E-state index in [-0.39, 0.29) is 18.5 Å². The van der Waals surface area contributed by atoms with E-state index in [1.165, 1.54) is 0 Å². The molecule has 2 aromatic rings. The summed E-state index contributed by atoms with van der Waals surface area (Å²) < 4.78 is 0. The Bertz CT molecular complexity index is 896. The molecule has 1 aliphatic rings. The highest BCUT2D eigenvalue weighted by atomic mass is 16.2. The zero-order chi connectivity index (χ0) is 19.8. The molecule has 1 saturated heterocycles. The van der Waals surface area contributed by atoms with Gasteiger partial charge in [-0.3, -0.25) is 4.79 Å². The number of anilines is 1. The van der Waals surface area contributed by atoms with Crippen LogP contribution in [-0.2, 0) is 4.79 Å². The zero-order valence-electron chi connectivity index (χ0n) is 15.6. The minimum absolute atomic E-state index is 0.0221. The maximum atomic E-state index is 12.1. The Morgan fingerprint density at radius 1 is 1.21 bits per heavy atom. The predicted octanol–water partition coefficient (Wildman–Crippen LogP) is 2.14. The number of carbonyl (C=O) groups excluding carboxylic acids is 1. The lowest BCUT2D eigenvalue weighted by atomic mass is 10.1. The van der Waals surface area contributed by atoms with Crippen molar-refractivity contribution in [1.29, 1.82) is 10.5 Å². The summed E-state index contributed by atoms with van der Waals surface area (Å²) in [6.45, 7) is 2.15. The number of carbonyl (C=O) groups is 1. The molecule has 1 fully saturated rings. The van der Waals surface area contributed by atoms with Crippen LogP contribution in [0.3, 0.4) is 0 Å². The second-order valence-corrected chi connectivity index (χ2v) is 6.60. The Morgan fingerprint density at radius 3 is 2.86 bits per heavy atom. The van der Waals surface area contributed by atoms with E-state index in [0.717, 1.165) is 29.8 Å². The second kappa shape index (κ2) is 9.50. The lowest BCUT2D eigenvalue weighted by molar-refractivity contribution is -0.130. The molecule has 0 bridgehead atoms. The summed E-state index contributed by atoms with van der Waals surface area (Å²) >= 11 is 0. The van der Waals surface area contributed by atoms with Gasteiger partial charge < -0.3 is 15.5 Å². The molecule has 28 heavy (non-hydrogen) atoms. The minimum atomic E-state index is -0.274. The minimum Gasteiger partial charge on any atom is -0.369 e. The molecular formula is C21H22N6O. The number of amides is 1. The van der Waals surface area contributed by atoms with Crippen molar-refractivity contribution in [3.8, 4) is 23.3 Å². The third-order valence-corrected chi connectivity index (χ3v) is 4.69. The van der Waals surface area contributed by atoms with E-state index < -0.39 is 0 Å². The molecule has 3 rings (SSSR count). The van der Waals surface area contributed by atoms with Crippen LogP contribution in [0.5, 0.6) is 0 Å². The van der Waals surface area contributed by atoms with Crippen LogP contribution in [0, 0.1) is 22.7 Å². The lowest BCUT2D eigenvalue weighted by Crippen LogP contribution is -2.41. The Labute approximate surface area is 164 Å². The number of hydrogen-bond acceptors (Lipinski definition) is 6. The monoisotopic (exact) mass is 374 g/mol. The molecule has 0 aliphatic carbocycles. The third kappa shape index (κ3) is 4.85. The molecule has 0 saturated carbocycles. The van der Waals surface area contributed by atoms with Crippen molar-refractivity contribution >= 4 is 11.7 Å². The molecule has 0 unspecified atom stereocenters. The van der Waals surface area contributed by atoms with Gasteiger partial charge in [-0.25, -0.2) is 4.98 Å². The summed E-state index contributed by atoms with van der Waals surface area (Å²) in [5.41, 5.74) is 2.52. The Kier molecular flexibility index (Phi) is 6.56. The number of pyridine rings is 1. The van der Waals surface area contributed by atoms with Crippen molar-refractivity contribution in [3.63, 3.8) is 0 Å². The van der Waals surface area contributed by atoms with Crippen molar-refractivity contribution in [3.05, 3.63) is 48.2 Å². The first kappa shape index (κ1) is 19.3. The summed E-state index contributed by atoms with van der Waals surface area (Å²) in [5.74, 6) is 0.725. The van der Waals surface area contributed by atoms with Gasteiger partial charge in [-0.05, 0) is 42.7 Å². The molecule has 142 valence electrons. The van der Waals surface area contributed by atoms with Gasteiger partial charge in [0.25, 0.3) is 0 Å². The van der Waals surface area contributed by atoms with E-state index in [9.17, 15) is 4.79 Å². The maximum Gasteiger partial charge on any atom is 0.237 e. The van der Waals surface area contributed by atoms with Crippen LogP contribution < -0.4 is 10.6 Å². The zero-order valence-corrected chi connectivity index (χ0v) is 15.6. The van der Waals surface area contributed by atoms with E-state index in [1.54, 1.807) is 17.2 Å². The molecule has 1 aromatic carbocycles. The van der Waals surface area contributed by atoms with E-state index in [4.69, 9.17) is 10.5 Å². The highest BCUT2D eigenvalue weighted by Gasteiger charge is 2.27. The van der Waals surface area contributed by atoms with Gasteiger partial charge in [0.15, 0.2) is 0 Å². The molecule has 2 N–H and O–H groups in total. The van der Waals surface area contributed by atoms with Gasteiger partial charge in [0, 0.05) is 31.4 Å². The number of nitriles is 2. The van der Waals surface area contributed by atoms with Gasteiger partial charge in [-0.2, -0.15) is 10.5 Å². The molecule has 7 nitrogen and oxygen atoms in total. The molecule has 1 atom stereocenters. The van der Waals surface area contributed by atoms with Crippen LogP contribution >= 0.6 is 0 Å². The van der Waals surface area contributed by atoms with Crippen molar-refractivity contribution in [2.24, 2.45) is 0 Å². The maximum absolute atomic E-state index is 12.1. The smallest absolute Gasteiger partial charge is 0.237 e. The first-order valence-corrected chi connectivity index (χ1v) is 9.31. The Morgan fingerprint density at radius 2 is 2.11 bits per heavy atom. The Balaban J connectivity index is 1.41. The van der Waals surface area contributed by atoms with Crippen LogP contribution in [0.25, 0.3) is 11.1 Å². The van der Waals surface area contributed by atoms with Gasteiger partial charge in [-0.1, -0.05) is 12.1 Å². The summed E-state index contributed by atoms with van der Waals surface area (Å²) in [5, 5.41) is 24.4. The average molecular weight is 374 g/mol.